The average Bonchev–Trinajstić information content (AvgIpc) is 3.29. The van der Waals surface area contributed by atoms with Crippen molar-refractivity contribution in [2.24, 2.45) is 0 Å². The standard InChI is InChI=1S/C19H27N5O2/c1-2-9-20-19(26)21-10-11-24-13-22-16-12-14(7-8-17(16)24)18(25)23-15-5-3-4-6-15/h7-8,12-13,15H,2-6,9-11H2,1H3,(H,23,25)(H2,20,21,26). The van der Waals surface area contributed by atoms with Crippen molar-refractivity contribution in [1.29, 1.82) is 0 Å². The number of carbonyl (C=O) groups excluding carboxylic acids is 2. The summed E-state index contributed by atoms with van der Waals surface area (Å²) in [5, 5.41) is 8.71. The van der Waals surface area contributed by atoms with Crippen LogP contribution < -0.4 is 16.0 Å². The van der Waals surface area contributed by atoms with Crippen molar-refractivity contribution in [3.8, 4) is 0 Å². The summed E-state index contributed by atoms with van der Waals surface area (Å²) in [4.78, 5) is 28.3. The quantitative estimate of drug-likeness (QED) is 0.711. The molecule has 0 saturated heterocycles. The topological polar surface area (TPSA) is 88.1 Å². The minimum absolute atomic E-state index is 0.0254. The summed E-state index contributed by atoms with van der Waals surface area (Å²) in [6.07, 6.45) is 7.19. The lowest BCUT2D eigenvalue weighted by atomic mass is 10.1. The molecule has 0 bridgehead atoms. The minimum atomic E-state index is -0.151. The second kappa shape index (κ2) is 8.69. The van der Waals surface area contributed by atoms with Crippen molar-refractivity contribution in [2.45, 2.75) is 51.6 Å². The zero-order chi connectivity index (χ0) is 18.4. The van der Waals surface area contributed by atoms with E-state index in [9.17, 15) is 9.59 Å². The molecule has 0 atom stereocenters. The van der Waals surface area contributed by atoms with Crippen LogP contribution in [0.3, 0.4) is 0 Å². The first-order valence-electron chi connectivity index (χ1n) is 9.45. The molecule has 0 radical (unpaired) electrons. The Morgan fingerprint density at radius 1 is 1.19 bits per heavy atom. The molecule has 0 aliphatic heterocycles. The van der Waals surface area contributed by atoms with E-state index in [2.05, 4.69) is 20.9 Å². The number of amides is 3. The van der Waals surface area contributed by atoms with E-state index >= 15 is 0 Å². The molecule has 1 fully saturated rings. The van der Waals surface area contributed by atoms with Gasteiger partial charge in [-0.3, -0.25) is 4.79 Å². The molecule has 0 unspecified atom stereocenters. The van der Waals surface area contributed by atoms with Gasteiger partial charge in [-0.15, -0.1) is 0 Å². The number of urea groups is 1. The predicted octanol–water partition coefficient (Wildman–Crippen LogP) is 2.42. The van der Waals surface area contributed by atoms with Crippen LogP contribution in [0.25, 0.3) is 11.0 Å². The molecule has 7 nitrogen and oxygen atoms in total. The van der Waals surface area contributed by atoms with E-state index in [0.717, 1.165) is 30.3 Å². The Bertz CT molecular complexity index is 764. The van der Waals surface area contributed by atoms with Gasteiger partial charge in [0, 0.05) is 31.2 Å². The van der Waals surface area contributed by atoms with Crippen LogP contribution in [0.15, 0.2) is 24.5 Å². The molecule has 26 heavy (non-hydrogen) atoms. The summed E-state index contributed by atoms with van der Waals surface area (Å²) in [7, 11) is 0. The maximum absolute atomic E-state index is 12.4. The van der Waals surface area contributed by atoms with Crippen molar-refractivity contribution < 1.29 is 9.59 Å². The SMILES string of the molecule is CCCNC(=O)NCCn1cnc2cc(C(=O)NC3CCCC3)ccc21. The van der Waals surface area contributed by atoms with Gasteiger partial charge >= 0.3 is 6.03 Å². The van der Waals surface area contributed by atoms with Gasteiger partial charge in [0.1, 0.15) is 0 Å². The highest BCUT2D eigenvalue weighted by Gasteiger charge is 2.18. The Morgan fingerprint density at radius 2 is 1.96 bits per heavy atom. The Kier molecular flexibility index (Phi) is 6.09. The average molecular weight is 357 g/mol. The van der Waals surface area contributed by atoms with E-state index in [4.69, 9.17) is 0 Å². The molecule has 7 heteroatoms. The molecule has 3 N–H and O–H groups in total. The Morgan fingerprint density at radius 3 is 2.73 bits per heavy atom. The third-order valence-corrected chi connectivity index (χ3v) is 4.75. The normalized spacial score (nSPS) is 14.5. The van der Waals surface area contributed by atoms with Crippen LogP contribution in [0.2, 0.25) is 0 Å². The predicted molar refractivity (Wildman–Crippen MR) is 101 cm³/mol. The van der Waals surface area contributed by atoms with Gasteiger partial charge in [-0.1, -0.05) is 19.8 Å². The van der Waals surface area contributed by atoms with Crippen LogP contribution in [-0.4, -0.2) is 40.6 Å². The van der Waals surface area contributed by atoms with Crippen molar-refractivity contribution in [3.05, 3.63) is 30.1 Å². The van der Waals surface area contributed by atoms with Crippen LogP contribution in [0.1, 0.15) is 49.4 Å². The van der Waals surface area contributed by atoms with Crippen molar-refractivity contribution in [3.63, 3.8) is 0 Å². The minimum Gasteiger partial charge on any atom is -0.349 e. The first-order chi connectivity index (χ1) is 12.7. The number of nitrogens with zero attached hydrogens (tertiary/aromatic N) is 2. The second-order valence-corrected chi connectivity index (χ2v) is 6.78. The molecule has 0 spiro atoms. The molecule has 1 aromatic carbocycles. The van der Waals surface area contributed by atoms with Gasteiger partial charge in [0.15, 0.2) is 0 Å². The van der Waals surface area contributed by atoms with E-state index in [0.29, 0.717) is 31.2 Å². The lowest BCUT2D eigenvalue weighted by Crippen LogP contribution is -2.37. The summed E-state index contributed by atoms with van der Waals surface area (Å²) in [6, 6.07) is 5.75. The smallest absolute Gasteiger partial charge is 0.314 e. The summed E-state index contributed by atoms with van der Waals surface area (Å²) < 4.78 is 1.98. The summed E-state index contributed by atoms with van der Waals surface area (Å²) >= 11 is 0. The van der Waals surface area contributed by atoms with Crippen LogP contribution in [0.5, 0.6) is 0 Å². The number of benzene rings is 1. The number of nitrogens with one attached hydrogen (secondary N) is 3. The number of aromatic nitrogens is 2. The maximum atomic E-state index is 12.4. The highest BCUT2D eigenvalue weighted by atomic mass is 16.2. The van der Waals surface area contributed by atoms with Gasteiger partial charge in [0.05, 0.1) is 17.4 Å². The highest BCUT2D eigenvalue weighted by Crippen LogP contribution is 2.19. The molecule has 1 saturated carbocycles. The second-order valence-electron chi connectivity index (χ2n) is 6.78. The van der Waals surface area contributed by atoms with Crippen LogP contribution in [0.4, 0.5) is 4.79 Å². The molecule has 140 valence electrons. The summed E-state index contributed by atoms with van der Waals surface area (Å²) in [5.74, 6) is -0.0254. The molecule has 2 aromatic rings. The summed E-state index contributed by atoms with van der Waals surface area (Å²) in [6.45, 7) is 3.83. The zero-order valence-corrected chi connectivity index (χ0v) is 15.3. The van der Waals surface area contributed by atoms with E-state index in [1.807, 2.05) is 29.7 Å². The highest BCUT2D eigenvalue weighted by molar-refractivity contribution is 5.97. The summed E-state index contributed by atoms with van der Waals surface area (Å²) in [5.41, 5.74) is 2.39. The van der Waals surface area contributed by atoms with Gasteiger partial charge in [-0.2, -0.15) is 0 Å². The number of hydrogen-bond donors (Lipinski definition) is 3. The molecule has 1 aliphatic carbocycles. The van der Waals surface area contributed by atoms with Gasteiger partial charge in [-0.25, -0.2) is 9.78 Å². The van der Waals surface area contributed by atoms with E-state index < -0.39 is 0 Å². The van der Waals surface area contributed by atoms with E-state index in [-0.39, 0.29) is 11.9 Å². The third kappa shape index (κ3) is 4.53. The fourth-order valence-corrected chi connectivity index (χ4v) is 3.31. The van der Waals surface area contributed by atoms with E-state index in [1.165, 1.54) is 12.8 Å². The molecular weight excluding hydrogens is 330 g/mol. The molecule has 3 amide bonds. The number of carbonyl (C=O) groups is 2. The molecule has 1 heterocycles. The van der Waals surface area contributed by atoms with Gasteiger partial charge < -0.3 is 20.5 Å². The monoisotopic (exact) mass is 357 g/mol. The molecular formula is C19H27N5O2. The van der Waals surface area contributed by atoms with Crippen molar-refractivity contribution >= 4 is 23.0 Å². The maximum Gasteiger partial charge on any atom is 0.314 e. The lowest BCUT2D eigenvalue weighted by molar-refractivity contribution is 0.0938. The largest absolute Gasteiger partial charge is 0.349 e. The number of fused-ring (bicyclic) bond motifs is 1. The Hall–Kier alpha value is -2.57. The Labute approximate surface area is 153 Å². The fourth-order valence-electron chi connectivity index (χ4n) is 3.31. The molecule has 1 aliphatic rings. The number of rotatable bonds is 7. The van der Waals surface area contributed by atoms with Crippen LogP contribution in [-0.2, 0) is 6.54 Å². The number of hydrogen-bond acceptors (Lipinski definition) is 3. The third-order valence-electron chi connectivity index (χ3n) is 4.75. The van der Waals surface area contributed by atoms with Crippen LogP contribution in [0, 0.1) is 0 Å². The van der Waals surface area contributed by atoms with Gasteiger partial charge in [0.2, 0.25) is 0 Å². The lowest BCUT2D eigenvalue weighted by Gasteiger charge is -2.12. The first kappa shape index (κ1) is 18.2. The van der Waals surface area contributed by atoms with Crippen LogP contribution >= 0.6 is 0 Å². The van der Waals surface area contributed by atoms with Crippen molar-refractivity contribution in [2.75, 3.05) is 13.1 Å². The van der Waals surface area contributed by atoms with E-state index in [1.54, 1.807) is 6.33 Å². The first-order valence-corrected chi connectivity index (χ1v) is 9.45. The molecule has 1 aromatic heterocycles. The fraction of sp³-hybridized carbons (Fsp3) is 0.526. The molecule has 3 rings (SSSR count). The van der Waals surface area contributed by atoms with Crippen molar-refractivity contribution in [1.82, 2.24) is 25.5 Å². The van der Waals surface area contributed by atoms with Gasteiger partial charge in [-0.05, 0) is 37.5 Å². The zero-order valence-electron chi connectivity index (χ0n) is 15.3. The number of imidazole rings is 1. The Balaban J connectivity index is 1.58. The van der Waals surface area contributed by atoms with Gasteiger partial charge in [0.25, 0.3) is 5.91 Å².